The number of rotatable bonds is 2. The molecule has 0 aromatic heterocycles. The summed E-state index contributed by atoms with van der Waals surface area (Å²) in [6, 6.07) is 6.93. The Kier molecular flexibility index (Phi) is 2.73. The molecule has 98 valence electrons. The van der Waals surface area contributed by atoms with Gasteiger partial charge in [-0.05, 0) is 31.4 Å². The molecule has 2 aliphatic rings. The van der Waals surface area contributed by atoms with Crippen molar-refractivity contribution in [3.63, 3.8) is 0 Å². The molecule has 18 heavy (non-hydrogen) atoms. The van der Waals surface area contributed by atoms with E-state index < -0.39 is 10.0 Å². The zero-order valence-corrected chi connectivity index (χ0v) is 11.1. The number of benzene rings is 1. The number of aryl methyl sites for hydroxylation is 1. The Morgan fingerprint density at radius 1 is 1.22 bits per heavy atom. The van der Waals surface area contributed by atoms with Gasteiger partial charge in [-0.15, -0.1) is 0 Å². The van der Waals surface area contributed by atoms with Crippen molar-refractivity contribution >= 4 is 10.0 Å². The third kappa shape index (κ3) is 1.77. The number of sulfonamides is 1. The van der Waals surface area contributed by atoms with Crippen LogP contribution in [0.5, 0.6) is 0 Å². The van der Waals surface area contributed by atoms with Crippen molar-refractivity contribution in [2.24, 2.45) is 11.8 Å². The summed E-state index contributed by atoms with van der Waals surface area (Å²) >= 11 is 0. The van der Waals surface area contributed by atoms with E-state index in [4.69, 9.17) is 0 Å². The molecule has 3 rings (SSSR count). The molecule has 4 nitrogen and oxygen atoms in total. The molecule has 1 N–H and O–H groups in total. The molecule has 0 amide bonds. The van der Waals surface area contributed by atoms with Crippen molar-refractivity contribution in [3.8, 4) is 0 Å². The minimum absolute atomic E-state index is 0.144. The molecule has 0 bridgehead atoms. The van der Waals surface area contributed by atoms with E-state index in [1.165, 1.54) is 4.31 Å². The van der Waals surface area contributed by atoms with E-state index >= 15 is 0 Å². The average molecular weight is 267 g/mol. The third-order valence-corrected chi connectivity index (χ3v) is 6.00. The third-order valence-electron chi connectivity index (χ3n) is 4.16. The van der Waals surface area contributed by atoms with Gasteiger partial charge in [0.1, 0.15) is 0 Å². The predicted molar refractivity (Wildman–Crippen MR) is 67.5 cm³/mol. The van der Waals surface area contributed by atoms with Gasteiger partial charge in [0.25, 0.3) is 0 Å². The topological polar surface area (TPSA) is 57.6 Å². The molecule has 0 radical (unpaired) electrons. The van der Waals surface area contributed by atoms with E-state index in [-0.39, 0.29) is 12.0 Å². The van der Waals surface area contributed by atoms with Gasteiger partial charge in [0.15, 0.2) is 0 Å². The maximum Gasteiger partial charge on any atom is 0.243 e. The molecule has 2 fully saturated rings. The van der Waals surface area contributed by atoms with Crippen molar-refractivity contribution in [1.29, 1.82) is 0 Å². The van der Waals surface area contributed by atoms with Gasteiger partial charge < -0.3 is 5.11 Å². The number of aliphatic hydroxyl groups is 1. The first-order valence-electron chi connectivity index (χ1n) is 6.23. The highest BCUT2D eigenvalue weighted by molar-refractivity contribution is 7.89. The second-order valence-electron chi connectivity index (χ2n) is 5.36. The lowest BCUT2D eigenvalue weighted by atomic mass is 9.74. The molecule has 3 atom stereocenters. The average Bonchev–Trinajstić information content (AvgIpc) is 2.67. The Labute approximate surface area is 107 Å². The second kappa shape index (κ2) is 4.05. The lowest BCUT2D eigenvalue weighted by Crippen LogP contribution is -2.39. The molecule has 1 saturated carbocycles. The van der Waals surface area contributed by atoms with Crippen molar-refractivity contribution < 1.29 is 13.5 Å². The van der Waals surface area contributed by atoms with Gasteiger partial charge in [0.2, 0.25) is 10.0 Å². The maximum atomic E-state index is 12.4. The number of aliphatic hydroxyl groups excluding tert-OH is 1. The van der Waals surface area contributed by atoms with Crippen LogP contribution in [-0.4, -0.2) is 37.0 Å². The summed E-state index contributed by atoms with van der Waals surface area (Å²) in [5, 5.41) is 9.59. The summed E-state index contributed by atoms with van der Waals surface area (Å²) in [5.41, 5.74) is 1.05. The highest BCUT2D eigenvalue weighted by Gasteiger charge is 2.49. The van der Waals surface area contributed by atoms with E-state index in [9.17, 15) is 13.5 Å². The van der Waals surface area contributed by atoms with E-state index in [1.807, 2.05) is 19.1 Å². The van der Waals surface area contributed by atoms with Gasteiger partial charge in [-0.1, -0.05) is 17.7 Å². The van der Waals surface area contributed by atoms with Crippen LogP contribution < -0.4 is 0 Å². The summed E-state index contributed by atoms with van der Waals surface area (Å²) in [5.74, 6) is 0.491. The normalized spacial score (nSPS) is 32.0. The van der Waals surface area contributed by atoms with E-state index in [1.54, 1.807) is 12.1 Å². The van der Waals surface area contributed by atoms with Crippen LogP contribution >= 0.6 is 0 Å². The van der Waals surface area contributed by atoms with Crippen LogP contribution in [0.15, 0.2) is 29.2 Å². The van der Waals surface area contributed by atoms with E-state index in [2.05, 4.69) is 0 Å². The Morgan fingerprint density at radius 2 is 1.89 bits per heavy atom. The standard InChI is InChI=1S/C13H17NO3S/c1-9-2-4-11(5-3-9)18(16,17)14-7-10-6-13(15)12(10)8-14/h2-5,10,12-13,15H,6-8H2,1H3/t10-,12+,13+/m0/s1. The monoisotopic (exact) mass is 267 g/mol. The SMILES string of the molecule is Cc1ccc(S(=O)(=O)N2C[C@@H]3C[C@@H](O)[C@@H]3C2)cc1. The van der Waals surface area contributed by atoms with Gasteiger partial charge in [0.05, 0.1) is 11.0 Å². The van der Waals surface area contributed by atoms with Gasteiger partial charge in [-0.25, -0.2) is 8.42 Å². The Morgan fingerprint density at radius 3 is 2.44 bits per heavy atom. The fourth-order valence-corrected chi connectivity index (χ4v) is 4.42. The molecular formula is C13H17NO3S. The second-order valence-corrected chi connectivity index (χ2v) is 7.30. The highest BCUT2D eigenvalue weighted by atomic mass is 32.2. The number of hydrogen-bond donors (Lipinski definition) is 1. The minimum Gasteiger partial charge on any atom is -0.393 e. The summed E-state index contributed by atoms with van der Waals surface area (Å²) < 4.78 is 26.3. The zero-order valence-electron chi connectivity index (χ0n) is 10.3. The minimum atomic E-state index is -3.38. The quantitative estimate of drug-likeness (QED) is 0.869. The molecule has 1 aliphatic heterocycles. The molecule has 1 aromatic carbocycles. The first-order valence-corrected chi connectivity index (χ1v) is 7.67. The Balaban J connectivity index is 1.85. The smallest absolute Gasteiger partial charge is 0.243 e. The number of fused-ring (bicyclic) bond motifs is 1. The molecule has 1 aliphatic carbocycles. The molecule has 1 heterocycles. The summed E-state index contributed by atoms with van der Waals surface area (Å²) in [6.45, 7) is 2.95. The van der Waals surface area contributed by atoms with Crippen molar-refractivity contribution in [1.82, 2.24) is 4.31 Å². The van der Waals surface area contributed by atoms with Crippen LogP contribution in [0.1, 0.15) is 12.0 Å². The first-order chi connectivity index (χ1) is 8.48. The fourth-order valence-electron chi connectivity index (χ4n) is 2.89. The highest BCUT2D eigenvalue weighted by Crippen LogP contribution is 2.42. The van der Waals surface area contributed by atoms with Gasteiger partial charge in [-0.2, -0.15) is 4.31 Å². The van der Waals surface area contributed by atoms with Crippen molar-refractivity contribution in [3.05, 3.63) is 29.8 Å². The lowest BCUT2D eigenvalue weighted by Gasteiger charge is -2.34. The fraction of sp³-hybridized carbons (Fsp3) is 0.538. The van der Waals surface area contributed by atoms with Crippen molar-refractivity contribution in [2.75, 3.05) is 13.1 Å². The zero-order chi connectivity index (χ0) is 12.9. The molecule has 1 aromatic rings. The summed E-state index contributed by atoms with van der Waals surface area (Å²) in [7, 11) is -3.38. The summed E-state index contributed by atoms with van der Waals surface area (Å²) in [4.78, 5) is 0.351. The molecule has 1 saturated heterocycles. The number of nitrogens with zero attached hydrogens (tertiary/aromatic N) is 1. The maximum absolute atomic E-state index is 12.4. The molecule has 0 unspecified atom stereocenters. The van der Waals surface area contributed by atoms with Crippen LogP contribution in [0.2, 0.25) is 0 Å². The van der Waals surface area contributed by atoms with Gasteiger partial charge in [-0.3, -0.25) is 0 Å². The van der Waals surface area contributed by atoms with Crippen LogP contribution in [0.3, 0.4) is 0 Å². The van der Waals surface area contributed by atoms with Crippen LogP contribution in [0, 0.1) is 18.8 Å². The molecule has 5 heteroatoms. The van der Waals surface area contributed by atoms with E-state index in [0.717, 1.165) is 12.0 Å². The van der Waals surface area contributed by atoms with Crippen molar-refractivity contribution in [2.45, 2.75) is 24.3 Å². The van der Waals surface area contributed by atoms with E-state index in [0.29, 0.717) is 23.9 Å². The molecule has 0 spiro atoms. The largest absolute Gasteiger partial charge is 0.393 e. The lowest BCUT2D eigenvalue weighted by molar-refractivity contribution is -0.00416. The summed E-state index contributed by atoms with van der Waals surface area (Å²) in [6.07, 6.45) is 0.429. The Bertz CT molecular complexity index is 552. The van der Waals surface area contributed by atoms with Crippen LogP contribution in [0.25, 0.3) is 0 Å². The molecular weight excluding hydrogens is 250 g/mol. The first kappa shape index (κ1) is 12.1. The van der Waals surface area contributed by atoms with Gasteiger partial charge >= 0.3 is 0 Å². The number of hydrogen-bond acceptors (Lipinski definition) is 3. The Hall–Kier alpha value is -0.910. The van der Waals surface area contributed by atoms with Crippen LogP contribution in [0.4, 0.5) is 0 Å². The predicted octanol–water partition coefficient (Wildman–Crippen LogP) is 0.996. The van der Waals surface area contributed by atoms with Crippen LogP contribution in [-0.2, 0) is 10.0 Å². The van der Waals surface area contributed by atoms with Gasteiger partial charge in [0, 0.05) is 19.0 Å².